The fraction of sp³-hybridized carbons (Fsp3) is 0.417. The second kappa shape index (κ2) is 7.34. The van der Waals surface area contributed by atoms with E-state index in [1.165, 1.54) is 12.1 Å². The van der Waals surface area contributed by atoms with Crippen LogP contribution in [0.4, 0.5) is 0 Å². The topological polar surface area (TPSA) is 92.7 Å². The second-order valence-corrected chi connectivity index (χ2v) is 7.00. The van der Waals surface area contributed by atoms with Crippen molar-refractivity contribution in [2.24, 2.45) is 0 Å². The molecule has 1 atom stereocenters. The average molecular weight is 413 g/mol. The van der Waals surface area contributed by atoms with E-state index >= 15 is 0 Å². The Balaban J connectivity index is 2.98. The van der Waals surface area contributed by atoms with Crippen LogP contribution in [-0.4, -0.2) is 38.7 Å². The minimum absolute atomic E-state index is 0.0362. The molecule has 0 saturated heterocycles. The van der Waals surface area contributed by atoms with Gasteiger partial charge in [-0.05, 0) is 54.6 Å². The zero-order valence-electron chi connectivity index (χ0n) is 11.1. The van der Waals surface area contributed by atoms with E-state index in [1.54, 1.807) is 6.92 Å². The Morgan fingerprint density at radius 2 is 2.15 bits per heavy atom. The highest BCUT2D eigenvalue weighted by atomic mass is 127. The molecule has 0 bridgehead atoms. The van der Waals surface area contributed by atoms with Crippen molar-refractivity contribution in [1.82, 2.24) is 4.72 Å². The van der Waals surface area contributed by atoms with Gasteiger partial charge in [0.15, 0.2) is 0 Å². The van der Waals surface area contributed by atoms with Gasteiger partial charge in [0.05, 0.1) is 17.1 Å². The van der Waals surface area contributed by atoms with Crippen LogP contribution in [0.2, 0.25) is 0 Å². The molecule has 0 saturated carbocycles. The molecule has 0 radical (unpaired) electrons. The smallest absolute Gasteiger partial charge is 0.336 e. The summed E-state index contributed by atoms with van der Waals surface area (Å²) in [4.78, 5) is 11.0. The number of halogens is 1. The summed E-state index contributed by atoms with van der Waals surface area (Å²) in [5.41, 5.74) is -0.0362. The van der Waals surface area contributed by atoms with Gasteiger partial charge < -0.3 is 9.84 Å². The number of sulfonamides is 1. The average Bonchev–Trinajstić information content (AvgIpc) is 2.35. The lowest BCUT2D eigenvalue weighted by atomic mass is 10.2. The third-order valence-electron chi connectivity index (χ3n) is 2.41. The Bertz CT molecular complexity index is 588. The molecule has 112 valence electrons. The molecule has 1 unspecified atom stereocenters. The van der Waals surface area contributed by atoms with Gasteiger partial charge in [0, 0.05) is 16.2 Å². The van der Waals surface area contributed by atoms with Gasteiger partial charge in [-0.25, -0.2) is 17.9 Å². The molecular formula is C12H16INO5S. The van der Waals surface area contributed by atoms with Crippen LogP contribution in [-0.2, 0) is 14.8 Å². The molecule has 0 aliphatic carbocycles. The maximum atomic E-state index is 12.1. The third-order valence-corrected chi connectivity index (χ3v) is 4.93. The Kier molecular flexibility index (Phi) is 6.37. The highest BCUT2D eigenvalue weighted by Crippen LogP contribution is 2.18. The van der Waals surface area contributed by atoms with E-state index < -0.39 is 22.0 Å². The van der Waals surface area contributed by atoms with Crippen molar-refractivity contribution in [3.05, 3.63) is 27.3 Å². The van der Waals surface area contributed by atoms with Gasteiger partial charge in [0.1, 0.15) is 0 Å². The van der Waals surface area contributed by atoms with Crippen molar-refractivity contribution in [3.8, 4) is 0 Å². The Morgan fingerprint density at radius 1 is 1.50 bits per heavy atom. The van der Waals surface area contributed by atoms with Crippen molar-refractivity contribution in [2.75, 3.05) is 13.2 Å². The molecule has 1 aromatic carbocycles. The number of aromatic carboxylic acids is 1. The van der Waals surface area contributed by atoms with E-state index in [1.807, 2.05) is 29.5 Å². The van der Waals surface area contributed by atoms with Crippen LogP contribution in [0, 0.1) is 3.57 Å². The number of benzene rings is 1. The normalized spacial score (nSPS) is 13.2. The van der Waals surface area contributed by atoms with E-state index in [0.717, 1.165) is 6.07 Å². The predicted molar refractivity (Wildman–Crippen MR) is 82.4 cm³/mol. The molecule has 8 heteroatoms. The van der Waals surface area contributed by atoms with Crippen molar-refractivity contribution in [3.63, 3.8) is 0 Å². The minimum Gasteiger partial charge on any atom is -0.478 e. The largest absolute Gasteiger partial charge is 0.478 e. The van der Waals surface area contributed by atoms with Crippen molar-refractivity contribution < 1.29 is 23.1 Å². The first kappa shape index (κ1) is 17.3. The molecule has 0 aromatic heterocycles. The predicted octanol–water partition coefficient (Wildman–Crippen LogP) is 1.69. The van der Waals surface area contributed by atoms with Crippen molar-refractivity contribution in [1.29, 1.82) is 0 Å². The van der Waals surface area contributed by atoms with Crippen LogP contribution in [0.3, 0.4) is 0 Å². The first-order valence-corrected chi connectivity index (χ1v) is 8.47. The monoisotopic (exact) mass is 413 g/mol. The van der Waals surface area contributed by atoms with Gasteiger partial charge in [-0.3, -0.25) is 0 Å². The zero-order valence-corrected chi connectivity index (χ0v) is 14.1. The third kappa shape index (κ3) is 4.69. The van der Waals surface area contributed by atoms with Gasteiger partial charge in [-0.2, -0.15) is 0 Å². The van der Waals surface area contributed by atoms with E-state index in [2.05, 4.69) is 4.72 Å². The van der Waals surface area contributed by atoms with Gasteiger partial charge in [-0.15, -0.1) is 0 Å². The molecular weight excluding hydrogens is 397 g/mol. The number of ether oxygens (including phenoxy) is 1. The molecule has 0 amide bonds. The summed E-state index contributed by atoms with van der Waals surface area (Å²) in [7, 11) is -3.76. The SMILES string of the molecule is CCOCC(C)NS(=O)(=O)c1ccc(I)c(C(=O)O)c1. The molecule has 0 spiro atoms. The molecule has 20 heavy (non-hydrogen) atoms. The van der Waals surface area contributed by atoms with E-state index in [-0.39, 0.29) is 17.1 Å². The van der Waals surface area contributed by atoms with Crippen LogP contribution in [0.5, 0.6) is 0 Å². The number of carboxylic acid groups (broad SMARTS) is 1. The highest BCUT2D eigenvalue weighted by Gasteiger charge is 2.20. The maximum Gasteiger partial charge on any atom is 0.336 e. The Hall–Kier alpha value is -0.710. The number of hydrogen-bond donors (Lipinski definition) is 2. The Morgan fingerprint density at radius 3 is 2.70 bits per heavy atom. The number of nitrogens with one attached hydrogen (secondary N) is 1. The molecule has 1 rings (SSSR count). The molecule has 0 heterocycles. The van der Waals surface area contributed by atoms with Crippen LogP contribution in [0.1, 0.15) is 24.2 Å². The van der Waals surface area contributed by atoms with Crippen LogP contribution in [0.25, 0.3) is 0 Å². The van der Waals surface area contributed by atoms with Gasteiger partial charge in [0.25, 0.3) is 0 Å². The summed E-state index contributed by atoms with van der Waals surface area (Å²) < 4.78 is 32.3. The Labute approximate surface area is 131 Å². The van der Waals surface area contributed by atoms with Gasteiger partial charge in [-0.1, -0.05) is 0 Å². The van der Waals surface area contributed by atoms with E-state index in [0.29, 0.717) is 10.2 Å². The quantitative estimate of drug-likeness (QED) is 0.664. The lowest BCUT2D eigenvalue weighted by Gasteiger charge is -2.14. The summed E-state index contributed by atoms with van der Waals surface area (Å²) in [5, 5.41) is 9.01. The molecule has 1 aromatic rings. The van der Waals surface area contributed by atoms with Crippen molar-refractivity contribution >= 4 is 38.6 Å². The molecule has 6 nitrogen and oxygen atoms in total. The van der Waals surface area contributed by atoms with Crippen molar-refractivity contribution in [2.45, 2.75) is 24.8 Å². The highest BCUT2D eigenvalue weighted by molar-refractivity contribution is 14.1. The summed E-state index contributed by atoms with van der Waals surface area (Å²) in [6.45, 7) is 4.25. The van der Waals surface area contributed by atoms with Crippen LogP contribution < -0.4 is 4.72 Å². The van der Waals surface area contributed by atoms with Gasteiger partial charge in [0.2, 0.25) is 10.0 Å². The van der Waals surface area contributed by atoms with E-state index in [9.17, 15) is 13.2 Å². The maximum absolute atomic E-state index is 12.1. The lowest BCUT2D eigenvalue weighted by molar-refractivity contribution is 0.0695. The summed E-state index contributed by atoms with van der Waals surface area (Å²) in [6.07, 6.45) is 0. The van der Waals surface area contributed by atoms with Crippen LogP contribution in [0.15, 0.2) is 23.1 Å². The van der Waals surface area contributed by atoms with E-state index in [4.69, 9.17) is 9.84 Å². The summed E-state index contributed by atoms with van der Waals surface area (Å²) >= 11 is 1.85. The zero-order chi connectivity index (χ0) is 15.3. The first-order chi connectivity index (χ1) is 9.27. The number of rotatable bonds is 7. The number of hydrogen-bond acceptors (Lipinski definition) is 4. The summed E-state index contributed by atoms with van der Waals surface area (Å²) in [5.74, 6) is -1.16. The number of carboxylic acids is 1. The molecule has 0 aliphatic rings. The molecule has 0 fully saturated rings. The summed E-state index contributed by atoms with van der Waals surface area (Å²) in [6, 6.07) is 3.60. The minimum atomic E-state index is -3.76. The lowest BCUT2D eigenvalue weighted by Crippen LogP contribution is -2.36. The standard InChI is InChI=1S/C12H16INO5S/c1-3-19-7-8(2)14-20(17,18)9-4-5-11(13)10(6-9)12(15)16/h4-6,8,14H,3,7H2,1-2H3,(H,15,16). The van der Waals surface area contributed by atoms with Crippen LogP contribution >= 0.6 is 22.6 Å². The number of carbonyl (C=O) groups is 1. The second-order valence-electron chi connectivity index (χ2n) is 4.13. The molecule has 0 aliphatic heterocycles. The van der Waals surface area contributed by atoms with Gasteiger partial charge >= 0.3 is 5.97 Å². The fourth-order valence-electron chi connectivity index (χ4n) is 1.50. The fourth-order valence-corrected chi connectivity index (χ4v) is 3.32. The first-order valence-electron chi connectivity index (χ1n) is 5.91. The molecule has 2 N–H and O–H groups in total.